The average Bonchev–Trinajstić information content (AvgIpc) is 2.47. The second-order valence-electron chi connectivity index (χ2n) is 5.12. The van der Waals surface area contributed by atoms with Crippen molar-refractivity contribution in [3.05, 3.63) is 12.1 Å². The quantitative estimate of drug-likeness (QED) is 0.828. The van der Waals surface area contributed by atoms with Crippen molar-refractivity contribution in [2.45, 2.75) is 13.8 Å². The van der Waals surface area contributed by atoms with Crippen LogP contribution in [0.15, 0.2) is 12.1 Å². The van der Waals surface area contributed by atoms with E-state index < -0.39 is 0 Å². The number of methoxy groups -OCH3 is 2. The number of benzene rings is 1. The van der Waals surface area contributed by atoms with Crippen molar-refractivity contribution < 1.29 is 9.47 Å². The van der Waals surface area contributed by atoms with Crippen molar-refractivity contribution in [3.8, 4) is 11.5 Å². The lowest BCUT2D eigenvalue weighted by atomic mass is 9.94. The van der Waals surface area contributed by atoms with Gasteiger partial charge in [-0.2, -0.15) is 0 Å². The van der Waals surface area contributed by atoms with Crippen LogP contribution in [-0.4, -0.2) is 27.3 Å². The van der Waals surface area contributed by atoms with E-state index in [1.54, 1.807) is 14.2 Å². The molecule has 0 atom stereocenters. The number of fused-ring (bicyclic) bond motifs is 1. The standard InChI is InChI=1S/C13H20N2O2/c1-13(2)7-14-9-5-11(16-3)12(17-4)6-10(9)15-8-13/h5-6,14-15H,7-8H2,1-4H3. The Balaban J connectivity index is 2.37. The summed E-state index contributed by atoms with van der Waals surface area (Å²) < 4.78 is 10.6. The minimum absolute atomic E-state index is 0.222. The van der Waals surface area contributed by atoms with E-state index in [9.17, 15) is 0 Å². The highest BCUT2D eigenvalue weighted by Gasteiger charge is 2.23. The Morgan fingerprint density at radius 1 is 0.941 bits per heavy atom. The molecule has 0 aliphatic carbocycles. The summed E-state index contributed by atoms with van der Waals surface area (Å²) in [5.41, 5.74) is 2.35. The fourth-order valence-electron chi connectivity index (χ4n) is 1.90. The van der Waals surface area contributed by atoms with Crippen molar-refractivity contribution in [2.75, 3.05) is 37.9 Å². The second kappa shape index (κ2) is 4.35. The molecule has 0 aromatic heterocycles. The third-order valence-electron chi connectivity index (χ3n) is 3.04. The van der Waals surface area contributed by atoms with Gasteiger partial charge in [-0.3, -0.25) is 0 Å². The Hall–Kier alpha value is -1.58. The maximum Gasteiger partial charge on any atom is 0.162 e. The Bertz CT molecular complexity index is 379. The summed E-state index contributed by atoms with van der Waals surface area (Å²) in [6, 6.07) is 3.95. The van der Waals surface area contributed by atoms with E-state index in [0.717, 1.165) is 36.0 Å². The summed E-state index contributed by atoms with van der Waals surface area (Å²) in [6.07, 6.45) is 0. The fraction of sp³-hybridized carbons (Fsp3) is 0.538. The molecule has 0 spiro atoms. The predicted molar refractivity (Wildman–Crippen MR) is 70.3 cm³/mol. The Morgan fingerprint density at radius 3 is 1.71 bits per heavy atom. The van der Waals surface area contributed by atoms with Gasteiger partial charge in [-0.15, -0.1) is 0 Å². The lowest BCUT2D eigenvalue weighted by molar-refractivity contribution is 0.355. The fourth-order valence-corrected chi connectivity index (χ4v) is 1.90. The van der Waals surface area contributed by atoms with E-state index in [4.69, 9.17) is 9.47 Å². The highest BCUT2D eigenvalue weighted by atomic mass is 16.5. The normalized spacial score (nSPS) is 17.2. The molecule has 4 heteroatoms. The van der Waals surface area contributed by atoms with E-state index >= 15 is 0 Å². The number of hydrogen-bond donors (Lipinski definition) is 2. The molecule has 0 amide bonds. The zero-order chi connectivity index (χ0) is 12.5. The number of ether oxygens (including phenoxy) is 2. The first-order valence-electron chi connectivity index (χ1n) is 5.79. The van der Waals surface area contributed by atoms with Gasteiger partial charge < -0.3 is 20.1 Å². The zero-order valence-corrected chi connectivity index (χ0v) is 10.9. The highest BCUT2D eigenvalue weighted by Crippen LogP contribution is 2.38. The van der Waals surface area contributed by atoms with Crippen LogP contribution >= 0.6 is 0 Å². The SMILES string of the molecule is COc1cc2c(cc1OC)NCC(C)(C)CN2. The topological polar surface area (TPSA) is 42.5 Å². The number of rotatable bonds is 2. The van der Waals surface area contributed by atoms with Crippen molar-refractivity contribution >= 4 is 11.4 Å². The minimum Gasteiger partial charge on any atom is -0.493 e. The van der Waals surface area contributed by atoms with Crippen LogP contribution in [0.1, 0.15) is 13.8 Å². The molecule has 0 saturated heterocycles. The summed E-state index contributed by atoms with van der Waals surface area (Å²) in [5.74, 6) is 1.50. The van der Waals surface area contributed by atoms with Crippen LogP contribution in [0.5, 0.6) is 11.5 Å². The van der Waals surface area contributed by atoms with Crippen LogP contribution in [0.3, 0.4) is 0 Å². The summed E-state index contributed by atoms with van der Waals surface area (Å²) in [6.45, 7) is 6.33. The molecular weight excluding hydrogens is 216 g/mol. The molecule has 94 valence electrons. The van der Waals surface area contributed by atoms with Gasteiger partial charge in [-0.05, 0) is 5.41 Å². The maximum atomic E-state index is 5.30. The maximum absolute atomic E-state index is 5.30. The molecule has 4 nitrogen and oxygen atoms in total. The van der Waals surface area contributed by atoms with Gasteiger partial charge >= 0.3 is 0 Å². The Kier molecular flexibility index (Phi) is 3.05. The van der Waals surface area contributed by atoms with Crippen LogP contribution < -0.4 is 20.1 Å². The lowest BCUT2D eigenvalue weighted by Crippen LogP contribution is -2.27. The largest absolute Gasteiger partial charge is 0.493 e. The molecule has 1 heterocycles. The van der Waals surface area contributed by atoms with Gasteiger partial charge in [0.1, 0.15) is 0 Å². The first-order valence-corrected chi connectivity index (χ1v) is 5.79. The summed E-state index contributed by atoms with van der Waals surface area (Å²) in [7, 11) is 3.30. The zero-order valence-electron chi connectivity index (χ0n) is 10.9. The van der Waals surface area contributed by atoms with Gasteiger partial charge in [0.2, 0.25) is 0 Å². The summed E-state index contributed by atoms with van der Waals surface area (Å²) >= 11 is 0. The summed E-state index contributed by atoms with van der Waals surface area (Å²) in [5, 5.41) is 6.89. The van der Waals surface area contributed by atoms with Crippen LogP contribution in [0.4, 0.5) is 11.4 Å². The molecule has 2 N–H and O–H groups in total. The molecule has 1 aromatic carbocycles. The van der Waals surface area contributed by atoms with Crippen molar-refractivity contribution in [1.82, 2.24) is 0 Å². The molecule has 0 fully saturated rings. The van der Waals surface area contributed by atoms with E-state index in [1.165, 1.54) is 0 Å². The van der Waals surface area contributed by atoms with Gasteiger partial charge in [0.15, 0.2) is 11.5 Å². The monoisotopic (exact) mass is 236 g/mol. The van der Waals surface area contributed by atoms with Gasteiger partial charge in [0.25, 0.3) is 0 Å². The molecule has 1 aliphatic heterocycles. The van der Waals surface area contributed by atoms with Gasteiger partial charge in [0.05, 0.1) is 25.6 Å². The third kappa shape index (κ3) is 2.40. The first-order chi connectivity index (χ1) is 8.05. The number of anilines is 2. The summed E-state index contributed by atoms with van der Waals surface area (Å²) in [4.78, 5) is 0. The molecule has 17 heavy (non-hydrogen) atoms. The average molecular weight is 236 g/mol. The molecule has 1 aliphatic rings. The van der Waals surface area contributed by atoms with Gasteiger partial charge in [-0.25, -0.2) is 0 Å². The molecule has 0 unspecified atom stereocenters. The molecule has 0 bridgehead atoms. The molecule has 0 saturated carbocycles. The predicted octanol–water partition coefficient (Wildman–Crippen LogP) is 2.57. The van der Waals surface area contributed by atoms with E-state index in [2.05, 4.69) is 24.5 Å². The number of hydrogen-bond acceptors (Lipinski definition) is 4. The van der Waals surface area contributed by atoms with E-state index in [0.29, 0.717) is 0 Å². The van der Waals surface area contributed by atoms with Crippen LogP contribution in [-0.2, 0) is 0 Å². The third-order valence-corrected chi connectivity index (χ3v) is 3.04. The molecular formula is C13H20N2O2. The van der Waals surface area contributed by atoms with Crippen molar-refractivity contribution in [1.29, 1.82) is 0 Å². The molecule has 2 rings (SSSR count). The van der Waals surface area contributed by atoms with Crippen LogP contribution in [0, 0.1) is 5.41 Å². The minimum atomic E-state index is 0.222. The van der Waals surface area contributed by atoms with E-state index in [-0.39, 0.29) is 5.41 Å². The van der Waals surface area contributed by atoms with E-state index in [1.807, 2.05) is 12.1 Å². The van der Waals surface area contributed by atoms with Gasteiger partial charge in [0, 0.05) is 25.2 Å². The Labute approximate surface area is 102 Å². The smallest absolute Gasteiger partial charge is 0.162 e. The van der Waals surface area contributed by atoms with Gasteiger partial charge in [-0.1, -0.05) is 13.8 Å². The molecule has 1 aromatic rings. The van der Waals surface area contributed by atoms with Crippen molar-refractivity contribution in [3.63, 3.8) is 0 Å². The second-order valence-corrected chi connectivity index (χ2v) is 5.12. The van der Waals surface area contributed by atoms with Crippen LogP contribution in [0.2, 0.25) is 0 Å². The molecule has 0 radical (unpaired) electrons. The van der Waals surface area contributed by atoms with Crippen molar-refractivity contribution in [2.24, 2.45) is 5.41 Å². The first kappa shape index (κ1) is 11.9. The number of nitrogens with one attached hydrogen (secondary N) is 2. The highest BCUT2D eigenvalue weighted by molar-refractivity contribution is 5.75. The van der Waals surface area contributed by atoms with Crippen LogP contribution in [0.25, 0.3) is 0 Å². The lowest BCUT2D eigenvalue weighted by Gasteiger charge is -2.21. The Morgan fingerprint density at radius 2 is 1.35 bits per heavy atom.